The summed E-state index contributed by atoms with van der Waals surface area (Å²) in [6.45, 7) is 0.712. The summed E-state index contributed by atoms with van der Waals surface area (Å²) in [7, 11) is 3.38. The molecule has 0 fully saturated rings. The van der Waals surface area contributed by atoms with E-state index in [0.717, 1.165) is 23.3 Å². The SMILES string of the molecule is CNCc1ccc(OC)c(COc2c(F)cccc2F)c1. The first-order valence-electron chi connectivity index (χ1n) is 6.53. The molecule has 21 heavy (non-hydrogen) atoms. The molecule has 0 aliphatic carbocycles. The molecule has 112 valence electrons. The van der Waals surface area contributed by atoms with Crippen molar-refractivity contribution in [2.45, 2.75) is 13.2 Å². The molecule has 1 N–H and O–H groups in total. The summed E-state index contributed by atoms with van der Waals surface area (Å²) in [5, 5.41) is 3.04. The van der Waals surface area contributed by atoms with Crippen LogP contribution < -0.4 is 14.8 Å². The molecule has 0 aromatic heterocycles. The maximum atomic E-state index is 13.5. The molecule has 0 aliphatic heterocycles. The van der Waals surface area contributed by atoms with E-state index >= 15 is 0 Å². The van der Waals surface area contributed by atoms with Gasteiger partial charge < -0.3 is 14.8 Å². The quantitative estimate of drug-likeness (QED) is 0.886. The van der Waals surface area contributed by atoms with Crippen LogP contribution in [0.25, 0.3) is 0 Å². The van der Waals surface area contributed by atoms with Crippen molar-refractivity contribution in [3.63, 3.8) is 0 Å². The number of ether oxygens (including phenoxy) is 2. The molecule has 3 nitrogen and oxygen atoms in total. The second-order valence-electron chi connectivity index (χ2n) is 4.52. The Hall–Kier alpha value is -2.14. The lowest BCUT2D eigenvalue weighted by atomic mass is 10.1. The van der Waals surface area contributed by atoms with Crippen molar-refractivity contribution in [3.05, 3.63) is 59.2 Å². The Kier molecular flexibility index (Phi) is 5.11. The summed E-state index contributed by atoms with van der Waals surface area (Å²) in [5.41, 5.74) is 1.76. The Labute approximate surface area is 122 Å². The number of methoxy groups -OCH3 is 1. The van der Waals surface area contributed by atoms with Crippen molar-refractivity contribution in [1.82, 2.24) is 5.32 Å². The van der Waals surface area contributed by atoms with Crippen molar-refractivity contribution in [2.75, 3.05) is 14.2 Å². The molecule has 2 rings (SSSR count). The maximum Gasteiger partial charge on any atom is 0.191 e. The molecule has 0 atom stereocenters. The van der Waals surface area contributed by atoms with Gasteiger partial charge in [-0.15, -0.1) is 0 Å². The maximum absolute atomic E-state index is 13.5. The minimum Gasteiger partial charge on any atom is -0.496 e. The van der Waals surface area contributed by atoms with Crippen LogP contribution in [0.5, 0.6) is 11.5 Å². The first-order valence-corrected chi connectivity index (χ1v) is 6.53. The number of halogens is 2. The first-order chi connectivity index (χ1) is 10.2. The van der Waals surface area contributed by atoms with Gasteiger partial charge >= 0.3 is 0 Å². The second-order valence-corrected chi connectivity index (χ2v) is 4.52. The van der Waals surface area contributed by atoms with Gasteiger partial charge in [0.1, 0.15) is 12.4 Å². The molecule has 2 aromatic rings. The molecule has 0 unspecified atom stereocenters. The summed E-state index contributed by atoms with van der Waals surface area (Å²) in [6, 6.07) is 9.23. The fourth-order valence-electron chi connectivity index (χ4n) is 2.03. The van der Waals surface area contributed by atoms with Gasteiger partial charge in [-0.05, 0) is 36.9 Å². The standard InChI is InChI=1S/C16H17F2NO2/c1-19-9-11-6-7-15(20-2)12(8-11)10-21-16-13(17)4-3-5-14(16)18/h3-8,19H,9-10H2,1-2H3. The van der Waals surface area contributed by atoms with Crippen LogP contribution in [0, 0.1) is 11.6 Å². The fourth-order valence-corrected chi connectivity index (χ4v) is 2.03. The van der Waals surface area contributed by atoms with Crippen LogP contribution in [0.1, 0.15) is 11.1 Å². The molecule has 0 spiro atoms. The number of rotatable bonds is 6. The van der Waals surface area contributed by atoms with Crippen LogP contribution in [0.2, 0.25) is 0 Å². The lowest BCUT2D eigenvalue weighted by Gasteiger charge is -2.13. The lowest BCUT2D eigenvalue weighted by Crippen LogP contribution is -2.07. The van der Waals surface area contributed by atoms with E-state index in [9.17, 15) is 8.78 Å². The highest BCUT2D eigenvalue weighted by Gasteiger charge is 2.12. The normalized spacial score (nSPS) is 10.5. The smallest absolute Gasteiger partial charge is 0.191 e. The summed E-state index contributed by atoms with van der Waals surface area (Å²) in [4.78, 5) is 0. The van der Waals surface area contributed by atoms with Crippen molar-refractivity contribution in [3.8, 4) is 11.5 Å². The highest BCUT2D eigenvalue weighted by molar-refractivity contribution is 5.37. The number of hydrogen-bond donors (Lipinski definition) is 1. The Morgan fingerprint density at radius 3 is 2.43 bits per heavy atom. The van der Waals surface area contributed by atoms with Gasteiger partial charge in [-0.1, -0.05) is 12.1 Å². The molecule has 0 heterocycles. The summed E-state index contributed by atoms with van der Waals surface area (Å²) >= 11 is 0. The van der Waals surface area contributed by atoms with Crippen LogP contribution in [-0.4, -0.2) is 14.2 Å². The molecule has 0 saturated carbocycles. The summed E-state index contributed by atoms with van der Waals surface area (Å²) in [6.07, 6.45) is 0. The highest BCUT2D eigenvalue weighted by Crippen LogP contribution is 2.25. The third-order valence-electron chi connectivity index (χ3n) is 3.02. The van der Waals surface area contributed by atoms with E-state index in [0.29, 0.717) is 12.3 Å². The monoisotopic (exact) mass is 293 g/mol. The zero-order chi connectivity index (χ0) is 15.2. The molecule has 0 bridgehead atoms. The van der Waals surface area contributed by atoms with Crippen molar-refractivity contribution in [1.29, 1.82) is 0 Å². The largest absolute Gasteiger partial charge is 0.496 e. The average Bonchev–Trinajstić information content (AvgIpc) is 2.47. The van der Waals surface area contributed by atoms with E-state index < -0.39 is 11.6 Å². The van der Waals surface area contributed by atoms with Crippen LogP contribution in [0.15, 0.2) is 36.4 Å². The van der Waals surface area contributed by atoms with E-state index in [4.69, 9.17) is 9.47 Å². The van der Waals surface area contributed by atoms with Gasteiger partial charge in [0.25, 0.3) is 0 Å². The number of para-hydroxylation sites is 1. The van der Waals surface area contributed by atoms with Crippen LogP contribution >= 0.6 is 0 Å². The molecule has 0 saturated heterocycles. The molecular weight excluding hydrogens is 276 g/mol. The van der Waals surface area contributed by atoms with E-state index in [1.807, 2.05) is 25.2 Å². The lowest BCUT2D eigenvalue weighted by molar-refractivity contribution is 0.268. The van der Waals surface area contributed by atoms with Gasteiger partial charge in [-0.3, -0.25) is 0 Å². The van der Waals surface area contributed by atoms with Crippen LogP contribution in [0.4, 0.5) is 8.78 Å². The number of hydrogen-bond acceptors (Lipinski definition) is 3. The fraction of sp³-hybridized carbons (Fsp3) is 0.250. The van der Waals surface area contributed by atoms with Gasteiger partial charge in [-0.2, -0.15) is 0 Å². The van der Waals surface area contributed by atoms with Crippen molar-refractivity contribution < 1.29 is 18.3 Å². The van der Waals surface area contributed by atoms with Crippen molar-refractivity contribution in [2.24, 2.45) is 0 Å². The Balaban J connectivity index is 2.20. The van der Waals surface area contributed by atoms with E-state index in [2.05, 4.69) is 5.32 Å². The van der Waals surface area contributed by atoms with Crippen LogP contribution in [-0.2, 0) is 13.2 Å². The van der Waals surface area contributed by atoms with E-state index in [1.165, 1.54) is 6.07 Å². The van der Waals surface area contributed by atoms with E-state index in [-0.39, 0.29) is 12.4 Å². The third-order valence-corrected chi connectivity index (χ3v) is 3.02. The minimum atomic E-state index is -0.722. The first kappa shape index (κ1) is 15.3. The molecular formula is C16H17F2NO2. The summed E-state index contributed by atoms with van der Waals surface area (Å²) in [5.74, 6) is -1.20. The van der Waals surface area contributed by atoms with Gasteiger partial charge in [0.15, 0.2) is 17.4 Å². The Morgan fingerprint density at radius 2 is 1.81 bits per heavy atom. The van der Waals surface area contributed by atoms with Gasteiger partial charge in [0, 0.05) is 12.1 Å². The molecule has 0 radical (unpaired) electrons. The molecule has 0 aliphatic rings. The van der Waals surface area contributed by atoms with Gasteiger partial charge in [0.05, 0.1) is 7.11 Å². The molecule has 2 aromatic carbocycles. The Bertz CT molecular complexity index is 597. The second kappa shape index (κ2) is 7.04. The zero-order valence-electron chi connectivity index (χ0n) is 12.0. The molecule has 5 heteroatoms. The predicted molar refractivity (Wildman–Crippen MR) is 76.4 cm³/mol. The van der Waals surface area contributed by atoms with Gasteiger partial charge in [-0.25, -0.2) is 8.78 Å². The van der Waals surface area contributed by atoms with E-state index in [1.54, 1.807) is 7.11 Å². The predicted octanol–water partition coefficient (Wildman–Crippen LogP) is 3.27. The third kappa shape index (κ3) is 3.70. The van der Waals surface area contributed by atoms with Crippen LogP contribution in [0.3, 0.4) is 0 Å². The molecule has 0 amide bonds. The minimum absolute atomic E-state index is 0.0264. The Morgan fingerprint density at radius 1 is 1.10 bits per heavy atom. The van der Waals surface area contributed by atoms with Gasteiger partial charge in [0.2, 0.25) is 0 Å². The number of nitrogens with one attached hydrogen (secondary N) is 1. The average molecular weight is 293 g/mol. The zero-order valence-corrected chi connectivity index (χ0v) is 12.0. The topological polar surface area (TPSA) is 30.5 Å². The highest BCUT2D eigenvalue weighted by atomic mass is 19.1. The number of benzene rings is 2. The van der Waals surface area contributed by atoms with Crippen molar-refractivity contribution >= 4 is 0 Å². The summed E-state index contributed by atoms with van der Waals surface area (Å²) < 4.78 is 37.6.